The quantitative estimate of drug-likeness (QED) is 0.329. The van der Waals surface area contributed by atoms with E-state index in [1.54, 1.807) is 45.0 Å². The Balaban J connectivity index is 1.77. The minimum atomic E-state index is -0.693. The first-order valence-electron chi connectivity index (χ1n) is 10.7. The zero-order valence-electron chi connectivity index (χ0n) is 19.2. The molecule has 3 aromatic rings. The number of esters is 1. The van der Waals surface area contributed by atoms with E-state index in [2.05, 4.69) is 0 Å². The van der Waals surface area contributed by atoms with Gasteiger partial charge >= 0.3 is 5.97 Å². The largest absolute Gasteiger partial charge is 0.507 e. The first-order chi connectivity index (χ1) is 16.2. The number of aromatic hydroxyl groups is 1. The summed E-state index contributed by atoms with van der Waals surface area (Å²) >= 11 is 0. The molecule has 0 atom stereocenters. The molecule has 0 unspecified atom stereocenters. The average molecular weight is 470 g/mol. The number of hydrogen-bond acceptors (Lipinski definition) is 9. The molecule has 0 fully saturated rings. The Morgan fingerprint density at radius 2 is 1.85 bits per heavy atom. The van der Waals surface area contributed by atoms with Gasteiger partial charge in [0.25, 0.3) is 6.47 Å². The summed E-state index contributed by atoms with van der Waals surface area (Å²) in [6, 6.07) is 9.38. The highest BCUT2D eigenvalue weighted by Crippen LogP contribution is 2.31. The molecule has 0 radical (unpaired) electrons. The Morgan fingerprint density at radius 1 is 1.12 bits per heavy atom. The zero-order chi connectivity index (χ0) is 24.7. The molecule has 0 aliphatic rings. The first-order valence-corrected chi connectivity index (χ1v) is 10.7. The van der Waals surface area contributed by atoms with Crippen molar-refractivity contribution in [2.75, 3.05) is 19.8 Å². The topological polar surface area (TPSA) is 122 Å². The fourth-order valence-corrected chi connectivity index (χ4v) is 3.17. The number of benzene rings is 2. The predicted molar refractivity (Wildman–Crippen MR) is 123 cm³/mol. The van der Waals surface area contributed by atoms with Crippen LogP contribution in [-0.4, -0.2) is 43.0 Å². The van der Waals surface area contributed by atoms with Crippen molar-refractivity contribution in [3.63, 3.8) is 0 Å². The Bertz CT molecular complexity index is 1210. The van der Waals surface area contributed by atoms with Gasteiger partial charge in [0.15, 0.2) is 6.61 Å². The molecule has 0 aliphatic heterocycles. The number of fused-ring (bicyclic) bond motifs is 1. The van der Waals surface area contributed by atoms with Crippen molar-refractivity contribution in [3.8, 4) is 28.4 Å². The fourth-order valence-electron chi connectivity index (χ4n) is 3.17. The summed E-state index contributed by atoms with van der Waals surface area (Å²) in [5.41, 5.74) is -0.133. The molecule has 1 aromatic heterocycles. The number of hydrogen-bond donors (Lipinski definition) is 1. The summed E-state index contributed by atoms with van der Waals surface area (Å²) in [7, 11) is 0. The minimum Gasteiger partial charge on any atom is -0.507 e. The normalized spacial score (nSPS) is 11.1. The van der Waals surface area contributed by atoms with Crippen LogP contribution in [0, 0.1) is 0 Å². The molecule has 0 saturated carbocycles. The van der Waals surface area contributed by atoms with Crippen molar-refractivity contribution in [3.05, 3.63) is 52.9 Å². The van der Waals surface area contributed by atoms with Crippen LogP contribution in [0.1, 0.15) is 27.2 Å². The van der Waals surface area contributed by atoms with E-state index in [1.807, 2.05) is 0 Å². The molecule has 1 N–H and O–H groups in total. The van der Waals surface area contributed by atoms with Crippen molar-refractivity contribution in [1.82, 2.24) is 0 Å². The highest BCUT2D eigenvalue weighted by Gasteiger charge is 2.19. The van der Waals surface area contributed by atoms with E-state index in [1.165, 1.54) is 18.4 Å². The fraction of sp³-hybridized carbons (Fsp3) is 0.320. The summed E-state index contributed by atoms with van der Waals surface area (Å²) in [5.74, 6) is -0.00119. The van der Waals surface area contributed by atoms with Gasteiger partial charge in [0.2, 0.25) is 5.43 Å². The van der Waals surface area contributed by atoms with Gasteiger partial charge in [-0.25, -0.2) is 4.79 Å². The van der Waals surface area contributed by atoms with Gasteiger partial charge in [0.05, 0.1) is 18.8 Å². The number of ether oxygens (including phenoxy) is 4. The molecule has 34 heavy (non-hydrogen) atoms. The third kappa shape index (κ3) is 6.06. The number of phenolic OH excluding ortho intramolecular Hbond substituents is 1. The maximum Gasteiger partial charge on any atom is 0.344 e. The summed E-state index contributed by atoms with van der Waals surface area (Å²) in [6.45, 7) is 5.88. The lowest BCUT2D eigenvalue weighted by Crippen LogP contribution is -2.26. The molecule has 0 amide bonds. The van der Waals surface area contributed by atoms with Gasteiger partial charge in [-0.1, -0.05) is 12.1 Å². The first kappa shape index (κ1) is 24.6. The van der Waals surface area contributed by atoms with Crippen LogP contribution in [0.25, 0.3) is 22.1 Å². The zero-order valence-corrected chi connectivity index (χ0v) is 19.2. The van der Waals surface area contributed by atoms with Gasteiger partial charge in [0, 0.05) is 18.6 Å². The number of phenols is 1. The van der Waals surface area contributed by atoms with Crippen molar-refractivity contribution in [1.29, 1.82) is 0 Å². The van der Waals surface area contributed by atoms with Crippen LogP contribution in [0.15, 0.2) is 51.9 Å². The van der Waals surface area contributed by atoms with Gasteiger partial charge in [-0.15, -0.1) is 0 Å². The van der Waals surface area contributed by atoms with Gasteiger partial charge in [-0.05, 0) is 38.5 Å². The Morgan fingerprint density at radius 3 is 2.53 bits per heavy atom. The minimum absolute atomic E-state index is 0.0251. The third-order valence-electron chi connectivity index (χ3n) is 5.00. The third-order valence-corrected chi connectivity index (χ3v) is 5.00. The molecule has 0 bridgehead atoms. The second-order valence-electron chi connectivity index (χ2n) is 7.98. The molecule has 180 valence electrons. The van der Waals surface area contributed by atoms with Gasteiger partial charge < -0.3 is 28.5 Å². The van der Waals surface area contributed by atoms with Crippen molar-refractivity contribution in [2.24, 2.45) is 0 Å². The molecule has 0 aliphatic carbocycles. The Kier molecular flexibility index (Phi) is 7.78. The summed E-state index contributed by atoms with van der Waals surface area (Å²) < 4.78 is 26.4. The second-order valence-corrected chi connectivity index (χ2v) is 7.98. The van der Waals surface area contributed by atoms with Crippen LogP contribution >= 0.6 is 0 Å². The molecule has 0 spiro atoms. The van der Waals surface area contributed by atoms with Crippen molar-refractivity contribution in [2.45, 2.75) is 32.8 Å². The Hall–Kier alpha value is -4.01. The predicted octanol–water partition coefficient (Wildman–Crippen LogP) is 3.83. The van der Waals surface area contributed by atoms with Crippen LogP contribution in [0.3, 0.4) is 0 Å². The molecule has 3 rings (SSSR count). The standard InChI is InChI=1S/C25H26O9/c1-4-30-22(28)14-32-17-7-5-16(6-8-17)19-13-33-21-12-18(11-20(27)23(21)24(19)29)31-10-9-25(2,3)34-15-26/h5-8,11-13,15,27H,4,9-10,14H2,1-3H3. The van der Waals surface area contributed by atoms with E-state index in [9.17, 15) is 19.5 Å². The van der Waals surface area contributed by atoms with E-state index < -0.39 is 17.0 Å². The highest BCUT2D eigenvalue weighted by molar-refractivity contribution is 5.88. The van der Waals surface area contributed by atoms with E-state index in [4.69, 9.17) is 23.4 Å². The van der Waals surface area contributed by atoms with Gasteiger partial charge in [-0.3, -0.25) is 9.59 Å². The molecule has 1 heterocycles. The van der Waals surface area contributed by atoms with Crippen LogP contribution in [0.2, 0.25) is 0 Å². The van der Waals surface area contributed by atoms with E-state index in [0.29, 0.717) is 30.0 Å². The van der Waals surface area contributed by atoms with Crippen LogP contribution in [0.4, 0.5) is 0 Å². The molecule has 2 aromatic carbocycles. The maximum atomic E-state index is 13.0. The number of carbonyl (C=O) groups excluding carboxylic acids is 2. The van der Waals surface area contributed by atoms with Crippen molar-refractivity contribution < 1.29 is 38.1 Å². The highest BCUT2D eigenvalue weighted by atomic mass is 16.6. The second kappa shape index (κ2) is 10.7. The SMILES string of the molecule is CCOC(=O)COc1ccc(-c2coc3cc(OCCC(C)(C)OC=O)cc(O)c3c2=O)cc1. The van der Waals surface area contributed by atoms with E-state index in [0.717, 1.165) is 0 Å². The molecule has 9 nitrogen and oxygen atoms in total. The summed E-state index contributed by atoms with van der Waals surface area (Å²) in [4.78, 5) is 35.0. The molecule has 9 heteroatoms. The Labute approximate surface area is 195 Å². The average Bonchev–Trinajstić information content (AvgIpc) is 2.78. The molecular weight excluding hydrogens is 444 g/mol. The van der Waals surface area contributed by atoms with Crippen LogP contribution in [0.5, 0.6) is 17.2 Å². The maximum absolute atomic E-state index is 13.0. The van der Waals surface area contributed by atoms with Crippen LogP contribution in [-0.2, 0) is 19.1 Å². The number of carbonyl (C=O) groups is 2. The monoisotopic (exact) mass is 470 g/mol. The van der Waals surface area contributed by atoms with Gasteiger partial charge in [0.1, 0.15) is 40.1 Å². The van der Waals surface area contributed by atoms with Crippen molar-refractivity contribution >= 4 is 23.4 Å². The summed E-state index contributed by atoms with van der Waals surface area (Å²) in [6.07, 6.45) is 1.73. The van der Waals surface area contributed by atoms with E-state index in [-0.39, 0.29) is 42.1 Å². The lowest BCUT2D eigenvalue weighted by Gasteiger charge is -2.22. The van der Waals surface area contributed by atoms with E-state index >= 15 is 0 Å². The number of rotatable bonds is 11. The lowest BCUT2D eigenvalue weighted by molar-refractivity contribution is -0.145. The smallest absolute Gasteiger partial charge is 0.344 e. The lowest BCUT2D eigenvalue weighted by atomic mass is 10.0. The molecular formula is C25H26O9. The van der Waals surface area contributed by atoms with Crippen LogP contribution < -0.4 is 14.9 Å². The van der Waals surface area contributed by atoms with Gasteiger partial charge in [-0.2, -0.15) is 0 Å². The summed E-state index contributed by atoms with van der Waals surface area (Å²) in [5, 5.41) is 10.5. The molecule has 0 saturated heterocycles.